The molecule has 0 radical (unpaired) electrons. The van der Waals surface area contributed by atoms with E-state index in [1.165, 1.54) is 34.6 Å². The summed E-state index contributed by atoms with van der Waals surface area (Å²) >= 11 is 0. The van der Waals surface area contributed by atoms with Gasteiger partial charge in [0.05, 0.1) is 37.1 Å². The van der Waals surface area contributed by atoms with E-state index in [2.05, 4.69) is 173 Å². The van der Waals surface area contributed by atoms with Crippen LogP contribution in [0.3, 0.4) is 0 Å². The fourth-order valence-corrected chi connectivity index (χ4v) is 16.1. The summed E-state index contributed by atoms with van der Waals surface area (Å²) in [4.78, 5) is 0. The van der Waals surface area contributed by atoms with Crippen LogP contribution in [-0.4, -0.2) is 12.3 Å². The van der Waals surface area contributed by atoms with E-state index < -0.39 is 15.8 Å². The molecule has 10 rings (SSSR count). The maximum absolute atomic E-state index is 7.46. The minimum Gasteiger partial charge on any atom is -0.366 e. The fourth-order valence-electron chi connectivity index (χ4n) is 9.02. The second-order valence-corrected chi connectivity index (χ2v) is 21.4. The molecule has 0 spiro atoms. The van der Waals surface area contributed by atoms with Crippen LogP contribution in [0.15, 0.2) is 206 Å². The molecule has 0 atom stereocenters. The summed E-state index contributed by atoms with van der Waals surface area (Å²) in [6.45, 7) is 9.14. The van der Waals surface area contributed by atoms with Crippen molar-refractivity contribution in [1.82, 2.24) is 0 Å². The third-order valence-electron chi connectivity index (χ3n) is 12.3. The Bertz CT molecular complexity index is 2910. The van der Waals surface area contributed by atoms with Gasteiger partial charge in [0, 0.05) is 0 Å². The van der Waals surface area contributed by atoms with Gasteiger partial charge in [0.1, 0.15) is 12.3 Å². The maximum atomic E-state index is 7.46. The Morgan fingerprint density at radius 1 is 0.318 bits per heavy atom. The van der Waals surface area contributed by atoms with E-state index in [-0.39, 0.29) is 44.8 Å². The molecule has 0 bridgehead atoms. The van der Waals surface area contributed by atoms with E-state index in [4.69, 9.17) is 12.8 Å². The van der Waals surface area contributed by atoms with E-state index in [1.54, 1.807) is 21.2 Å². The van der Waals surface area contributed by atoms with Crippen molar-refractivity contribution in [1.29, 1.82) is 0 Å². The van der Waals surface area contributed by atoms with E-state index in [0.717, 1.165) is 54.2 Å². The fraction of sp³-hybridized carbons (Fsp3) is 0.0968. The molecule has 10 aromatic carbocycles. The Morgan fingerprint density at radius 2 is 0.530 bits per heavy atom. The molecule has 0 aliphatic rings. The van der Waals surface area contributed by atoms with Crippen molar-refractivity contribution in [3.05, 3.63) is 252 Å². The van der Waals surface area contributed by atoms with Crippen LogP contribution in [0.1, 0.15) is 33.4 Å². The van der Waals surface area contributed by atoms with Crippen LogP contribution in [0.25, 0.3) is 43.1 Å². The van der Waals surface area contributed by atoms with Crippen molar-refractivity contribution >= 4 is 80.2 Å². The normalized spacial score (nSPS) is 10.5. The van der Waals surface area contributed by atoms with Gasteiger partial charge in [0.2, 0.25) is 0 Å². The van der Waals surface area contributed by atoms with Gasteiger partial charge in [0.15, 0.2) is 0 Å². The molecule has 0 aliphatic heterocycles. The number of fused-ring (bicyclic) bond motifs is 4. The predicted octanol–water partition coefficient (Wildman–Crippen LogP) is 13.8. The maximum Gasteiger partial charge on any atom is 1.00 e. The van der Waals surface area contributed by atoms with Gasteiger partial charge in [-0.2, -0.15) is 0 Å². The summed E-state index contributed by atoms with van der Waals surface area (Å²) in [6.07, 6.45) is 17.4. The van der Waals surface area contributed by atoms with Gasteiger partial charge in [-0.1, -0.05) is 191 Å². The second-order valence-electron chi connectivity index (χ2n) is 16.4. The Kier molecular flexibility index (Phi) is 18.2. The molecule has 0 saturated heterocycles. The molecule has 0 amide bonds. The first kappa shape index (κ1) is 50.1. The van der Waals surface area contributed by atoms with Crippen LogP contribution in [0.5, 0.6) is 0 Å². The molecule has 0 fully saturated rings. The molecule has 0 saturated carbocycles. The van der Waals surface area contributed by atoms with Crippen LogP contribution in [0, 0.1) is 52.4 Å². The zero-order chi connectivity index (χ0) is 44.4. The summed E-state index contributed by atoms with van der Waals surface area (Å²) in [7, 11) is -1.74. The Morgan fingerprint density at radius 3 is 0.758 bits per heavy atom. The summed E-state index contributed by atoms with van der Waals surface area (Å²) < 4.78 is 0. The molecular weight excluding hydrogens is 1200 g/mol. The molecule has 66 heavy (non-hydrogen) atoms. The molecule has 0 N–H and O–H groups in total. The standard InChI is InChI=1S/C30H32P2.2C16H9.2Au/c1-23-13-5-9-17-27(23)31(28-18-10-6-14-24(28)2)21-22-32(29-19-11-7-15-25(29)3)30-20-12-8-16-26(30)4;2*1-2-14-15-9-5-3-7-12(15)11-13-8-4-6-10-16(13)14;;/h5-20H,21-22H2,1-4H3;2*3-11H;;/q;2*-1;2*+1/p+2. The topological polar surface area (TPSA) is 0 Å². The molecule has 0 heterocycles. The van der Waals surface area contributed by atoms with Crippen LogP contribution in [-0.2, 0) is 44.8 Å². The zero-order valence-corrected chi connectivity index (χ0v) is 44.0. The summed E-state index contributed by atoms with van der Waals surface area (Å²) in [5.41, 5.74) is 7.51. The molecule has 0 unspecified atom stereocenters. The minimum atomic E-state index is -0.869. The van der Waals surface area contributed by atoms with E-state index >= 15 is 0 Å². The largest absolute Gasteiger partial charge is 1.00 e. The van der Waals surface area contributed by atoms with E-state index in [0.29, 0.717) is 0 Å². The third kappa shape index (κ3) is 11.3. The monoisotopic (exact) mass is 1250 g/mol. The number of aryl methyl sites for hydroxylation is 4. The zero-order valence-electron chi connectivity index (χ0n) is 37.6. The van der Waals surface area contributed by atoms with Crippen molar-refractivity contribution in [2.75, 3.05) is 12.3 Å². The molecule has 0 aromatic heterocycles. The molecular formula is C62H52Au2P2+2. The first-order valence-electron chi connectivity index (χ1n) is 22.0. The summed E-state index contributed by atoms with van der Waals surface area (Å²) in [5, 5.41) is 15.3. The Balaban J connectivity index is 0.000000177. The Labute approximate surface area is 425 Å². The van der Waals surface area contributed by atoms with Gasteiger partial charge in [0.25, 0.3) is 0 Å². The van der Waals surface area contributed by atoms with Crippen LogP contribution >= 0.6 is 15.8 Å². The Hall–Kier alpha value is -5.30. The third-order valence-corrected chi connectivity index (χ3v) is 19.1. The van der Waals surface area contributed by atoms with Gasteiger partial charge in [-0.15, -0.1) is 11.1 Å². The number of hydrogen-bond donors (Lipinski definition) is 0. The molecule has 330 valence electrons. The number of rotatable bonds is 7. The summed E-state index contributed by atoms with van der Waals surface area (Å²) in [5.74, 6) is 5.13. The van der Waals surface area contributed by atoms with Crippen LogP contribution < -0.4 is 21.2 Å². The van der Waals surface area contributed by atoms with Crippen LogP contribution in [0.2, 0.25) is 0 Å². The predicted molar refractivity (Wildman–Crippen MR) is 285 cm³/mol. The smallest absolute Gasteiger partial charge is 0.366 e. The first-order chi connectivity index (χ1) is 31.4. The van der Waals surface area contributed by atoms with Crippen molar-refractivity contribution in [3.63, 3.8) is 0 Å². The van der Waals surface area contributed by atoms with Gasteiger partial charge < -0.3 is 12.8 Å². The molecule has 4 heteroatoms. The number of hydrogen-bond acceptors (Lipinski definition) is 0. The summed E-state index contributed by atoms with van der Waals surface area (Å²) in [6, 6.07) is 73.1. The minimum absolute atomic E-state index is 0. The SMILES string of the molecule is Cc1ccccc1[PH+](CC[PH+](c1ccccc1C)c1ccccc1C)c1ccccc1C.[Au+].[Au+].[C-]#Cc1c2ccccc2cc2ccccc12.[C-]#Cc1c2ccccc2cc2ccccc12. The van der Waals surface area contributed by atoms with Gasteiger partial charge in [-0.3, -0.25) is 11.8 Å². The van der Waals surface area contributed by atoms with E-state index in [9.17, 15) is 0 Å². The van der Waals surface area contributed by atoms with E-state index in [1.807, 2.05) is 72.8 Å². The van der Waals surface area contributed by atoms with Crippen molar-refractivity contribution in [3.8, 4) is 11.8 Å². The molecule has 0 nitrogen and oxygen atoms in total. The van der Waals surface area contributed by atoms with Crippen molar-refractivity contribution in [2.24, 2.45) is 0 Å². The molecule has 10 aromatic rings. The molecule has 0 aliphatic carbocycles. The van der Waals surface area contributed by atoms with Crippen LogP contribution in [0.4, 0.5) is 0 Å². The number of benzene rings is 10. The van der Waals surface area contributed by atoms with Crippen molar-refractivity contribution < 1.29 is 44.8 Å². The van der Waals surface area contributed by atoms with Gasteiger partial charge >= 0.3 is 44.8 Å². The first-order valence-corrected chi connectivity index (χ1v) is 25.4. The van der Waals surface area contributed by atoms with Gasteiger partial charge in [-0.05, 0) is 108 Å². The quantitative estimate of drug-likeness (QED) is 0.0490. The average Bonchev–Trinajstić information content (AvgIpc) is 3.33. The second kappa shape index (κ2) is 23.9. The average molecular weight is 1250 g/mol. The van der Waals surface area contributed by atoms with Gasteiger partial charge in [-0.25, -0.2) is 0 Å². The van der Waals surface area contributed by atoms with Crippen molar-refractivity contribution in [2.45, 2.75) is 27.7 Å².